The summed E-state index contributed by atoms with van der Waals surface area (Å²) < 4.78 is 10.4. The number of hydrogen-bond acceptors (Lipinski definition) is 4. The standard InChI is InChI=1S/C19H24O4/c1-22-17-7-16(20)14(18(21)23-2)6-15(17)19-8-11-3-12(9-19)5-13(4-11)10-19/h6-7,11-13,20H,3-5,8-10H2,1-2H3. The number of carbonyl (C=O) groups is 1. The van der Waals surface area contributed by atoms with Crippen LogP contribution in [0.4, 0.5) is 0 Å². The maximum absolute atomic E-state index is 12.0. The molecule has 4 bridgehead atoms. The monoisotopic (exact) mass is 316 g/mol. The van der Waals surface area contributed by atoms with Crippen molar-refractivity contribution in [3.8, 4) is 11.5 Å². The van der Waals surface area contributed by atoms with Crippen LogP contribution in [0.15, 0.2) is 12.1 Å². The zero-order valence-corrected chi connectivity index (χ0v) is 13.8. The summed E-state index contributed by atoms with van der Waals surface area (Å²) in [5, 5.41) is 10.1. The van der Waals surface area contributed by atoms with Gasteiger partial charge >= 0.3 is 5.97 Å². The summed E-state index contributed by atoms with van der Waals surface area (Å²) in [5.41, 5.74) is 1.45. The third-order valence-corrected chi connectivity index (χ3v) is 6.33. The van der Waals surface area contributed by atoms with E-state index in [9.17, 15) is 9.90 Å². The molecule has 4 nitrogen and oxygen atoms in total. The summed E-state index contributed by atoms with van der Waals surface area (Å²) in [5.74, 6) is 2.57. The molecule has 0 heterocycles. The lowest BCUT2D eigenvalue weighted by Crippen LogP contribution is -2.48. The van der Waals surface area contributed by atoms with Crippen molar-refractivity contribution in [2.45, 2.75) is 43.9 Å². The highest BCUT2D eigenvalue weighted by Crippen LogP contribution is 2.62. The maximum atomic E-state index is 12.0. The van der Waals surface area contributed by atoms with Gasteiger partial charge in [-0.3, -0.25) is 0 Å². The molecule has 4 fully saturated rings. The van der Waals surface area contributed by atoms with Crippen molar-refractivity contribution in [2.75, 3.05) is 14.2 Å². The number of aromatic hydroxyl groups is 1. The Balaban J connectivity index is 1.82. The van der Waals surface area contributed by atoms with Gasteiger partial charge in [-0.05, 0) is 67.8 Å². The van der Waals surface area contributed by atoms with Crippen molar-refractivity contribution in [2.24, 2.45) is 17.8 Å². The first-order chi connectivity index (χ1) is 11.0. The van der Waals surface area contributed by atoms with Crippen LogP contribution in [0.1, 0.15) is 54.4 Å². The van der Waals surface area contributed by atoms with Crippen molar-refractivity contribution in [1.82, 2.24) is 0 Å². The number of ether oxygens (including phenoxy) is 2. The Morgan fingerprint density at radius 2 is 1.65 bits per heavy atom. The molecule has 0 amide bonds. The molecule has 5 rings (SSSR count). The van der Waals surface area contributed by atoms with Crippen LogP contribution in [0.2, 0.25) is 0 Å². The first kappa shape index (κ1) is 14.9. The van der Waals surface area contributed by atoms with Crippen LogP contribution in [0.5, 0.6) is 11.5 Å². The molecule has 4 saturated carbocycles. The smallest absolute Gasteiger partial charge is 0.341 e. The number of phenolic OH excluding ortho intramolecular Hbond substituents is 1. The Bertz CT molecular complexity index is 614. The van der Waals surface area contributed by atoms with Gasteiger partial charge in [0, 0.05) is 11.6 Å². The lowest BCUT2D eigenvalue weighted by Gasteiger charge is -2.57. The van der Waals surface area contributed by atoms with Crippen LogP contribution in [0.25, 0.3) is 0 Å². The van der Waals surface area contributed by atoms with Gasteiger partial charge in [-0.1, -0.05) is 0 Å². The molecular weight excluding hydrogens is 292 g/mol. The fraction of sp³-hybridized carbons (Fsp3) is 0.632. The Hall–Kier alpha value is -1.71. The minimum Gasteiger partial charge on any atom is -0.507 e. The molecule has 0 spiro atoms. The third-order valence-electron chi connectivity index (χ3n) is 6.33. The number of methoxy groups -OCH3 is 2. The lowest BCUT2D eigenvalue weighted by molar-refractivity contribution is -0.00621. The van der Waals surface area contributed by atoms with Crippen LogP contribution in [-0.2, 0) is 10.2 Å². The minimum absolute atomic E-state index is 0.0674. The summed E-state index contributed by atoms with van der Waals surface area (Å²) in [4.78, 5) is 12.0. The van der Waals surface area contributed by atoms with Gasteiger partial charge in [-0.15, -0.1) is 0 Å². The van der Waals surface area contributed by atoms with Crippen LogP contribution < -0.4 is 4.74 Å². The largest absolute Gasteiger partial charge is 0.507 e. The fourth-order valence-corrected chi connectivity index (χ4v) is 5.87. The zero-order valence-electron chi connectivity index (χ0n) is 13.8. The summed E-state index contributed by atoms with van der Waals surface area (Å²) in [7, 11) is 2.98. The van der Waals surface area contributed by atoms with Crippen LogP contribution in [0.3, 0.4) is 0 Å². The molecule has 4 aliphatic carbocycles. The SMILES string of the molecule is COC(=O)c1cc(C23CC4CC(CC(C4)C2)C3)c(OC)cc1O. The van der Waals surface area contributed by atoms with Crippen LogP contribution in [-0.4, -0.2) is 25.3 Å². The van der Waals surface area contributed by atoms with Gasteiger partial charge in [0.25, 0.3) is 0 Å². The summed E-state index contributed by atoms with van der Waals surface area (Å²) in [6.07, 6.45) is 7.64. The van der Waals surface area contributed by atoms with Gasteiger partial charge in [0.1, 0.15) is 17.1 Å². The van der Waals surface area contributed by atoms with E-state index in [0.29, 0.717) is 5.75 Å². The third kappa shape index (κ3) is 2.22. The molecule has 0 radical (unpaired) electrons. The van der Waals surface area contributed by atoms with Crippen molar-refractivity contribution < 1.29 is 19.4 Å². The maximum Gasteiger partial charge on any atom is 0.341 e. The van der Waals surface area contributed by atoms with Gasteiger partial charge in [0.2, 0.25) is 0 Å². The molecule has 4 aliphatic rings. The second-order valence-electron chi connectivity index (χ2n) is 7.76. The Morgan fingerprint density at radius 1 is 1.09 bits per heavy atom. The molecular formula is C19H24O4. The lowest BCUT2D eigenvalue weighted by atomic mass is 9.48. The highest BCUT2D eigenvalue weighted by Gasteiger charge is 2.52. The first-order valence-electron chi connectivity index (χ1n) is 8.54. The van der Waals surface area contributed by atoms with E-state index < -0.39 is 5.97 Å². The second kappa shape index (κ2) is 5.15. The summed E-state index contributed by atoms with van der Waals surface area (Å²) >= 11 is 0. The number of phenols is 1. The van der Waals surface area contributed by atoms with E-state index in [4.69, 9.17) is 9.47 Å². The quantitative estimate of drug-likeness (QED) is 0.865. The Morgan fingerprint density at radius 3 is 2.13 bits per heavy atom. The van der Waals surface area contributed by atoms with Crippen LogP contribution in [0, 0.1) is 17.8 Å². The molecule has 1 N–H and O–H groups in total. The second-order valence-corrected chi connectivity index (χ2v) is 7.76. The van der Waals surface area contributed by atoms with E-state index in [1.54, 1.807) is 13.2 Å². The summed E-state index contributed by atoms with van der Waals surface area (Å²) in [6, 6.07) is 3.41. The van der Waals surface area contributed by atoms with Gasteiger partial charge in [-0.2, -0.15) is 0 Å². The van der Waals surface area contributed by atoms with E-state index in [2.05, 4.69) is 0 Å². The topological polar surface area (TPSA) is 55.8 Å². The molecule has 0 unspecified atom stereocenters. The van der Waals surface area contributed by atoms with Crippen molar-refractivity contribution in [3.05, 3.63) is 23.3 Å². The van der Waals surface area contributed by atoms with Gasteiger partial charge < -0.3 is 14.6 Å². The predicted octanol–water partition coefficient (Wildman–Crippen LogP) is 3.66. The van der Waals surface area contributed by atoms with Gasteiger partial charge in [0.15, 0.2) is 0 Å². The van der Waals surface area contributed by atoms with Crippen molar-refractivity contribution in [3.63, 3.8) is 0 Å². The van der Waals surface area contributed by atoms with E-state index in [-0.39, 0.29) is 16.7 Å². The van der Waals surface area contributed by atoms with E-state index in [0.717, 1.165) is 23.3 Å². The van der Waals surface area contributed by atoms with E-state index in [1.807, 2.05) is 6.07 Å². The Labute approximate surface area is 136 Å². The fourth-order valence-electron chi connectivity index (χ4n) is 5.87. The average Bonchev–Trinajstić information content (AvgIpc) is 2.52. The van der Waals surface area contributed by atoms with Crippen LogP contribution >= 0.6 is 0 Å². The normalized spacial score (nSPS) is 34.4. The molecule has 0 aromatic heterocycles. The molecule has 1 aromatic carbocycles. The molecule has 23 heavy (non-hydrogen) atoms. The van der Waals surface area contributed by atoms with Crippen molar-refractivity contribution >= 4 is 5.97 Å². The highest BCUT2D eigenvalue weighted by atomic mass is 16.5. The van der Waals surface area contributed by atoms with Gasteiger partial charge in [-0.25, -0.2) is 4.79 Å². The van der Waals surface area contributed by atoms with E-state index >= 15 is 0 Å². The van der Waals surface area contributed by atoms with E-state index in [1.165, 1.54) is 45.6 Å². The highest BCUT2D eigenvalue weighted by molar-refractivity contribution is 5.93. The number of benzene rings is 1. The molecule has 4 heteroatoms. The molecule has 1 aromatic rings. The molecule has 124 valence electrons. The number of carbonyl (C=O) groups excluding carboxylic acids is 1. The summed E-state index contributed by atoms with van der Waals surface area (Å²) in [6.45, 7) is 0. The minimum atomic E-state index is -0.490. The average molecular weight is 316 g/mol. The molecule has 0 aliphatic heterocycles. The number of hydrogen-bond donors (Lipinski definition) is 1. The molecule has 0 atom stereocenters. The predicted molar refractivity (Wildman–Crippen MR) is 85.8 cm³/mol. The first-order valence-corrected chi connectivity index (χ1v) is 8.54. The molecule has 0 saturated heterocycles. The van der Waals surface area contributed by atoms with Gasteiger partial charge in [0.05, 0.1) is 14.2 Å². The number of rotatable bonds is 3. The number of esters is 1. The zero-order chi connectivity index (χ0) is 16.2. The van der Waals surface area contributed by atoms with Crippen molar-refractivity contribution in [1.29, 1.82) is 0 Å². The Kier molecular flexibility index (Phi) is 3.33.